The van der Waals surface area contributed by atoms with Gasteiger partial charge in [-0.1, -0.05) is 18.2 Å². The molecule has 0 aliphatic heterocycles. The van der Waals surface area contributed by atoms with Crippen molar-refractivity contribution in [3.8, 4) is 0 Å². The fourth-order valence-electron chi connectivity index (χ4n) is 2.15. The summed E-state index contributed by atoms with van der Waals surface area (Å²) in [5, 5.41) is 6.27. The molecule has 0 spiro atoms. The van der Waals surface area contributed by atoms with Crippen molar-refractivity contribution in [1.29, 1.82) is 0 Å². The number of hydrazone groups is 1. The summed E-state index contributed by atoms with van der Waals surface area (Å²) in [6, 6.07) is 15.8. The number of rotatable bonds is 8. The predicted molar refractivity (Wildman–Crippen MR) is 102 cm³/mol. The molecule has 142 valence electrons. The highest BCUT2D eigenvalue weighted by Gasteiger charge is 2.08. The Morgan fingerprint density at radius 2 is 1.74 bits per heavy atom. The molecule has 0 radical (unpaired) electrons. The normalized spacial score (nSPS) is 10.8. The Labute approximate surface area is 157 Å². The summed E-state index contributed by atoms with van der Waals surface area (Å²) in [5.74, 6) is 4.97. The number of esters is 1. The molecule has 2 rings (SSSR count). The van der Waals surface area contributed by atoms with Gasteiger partial charge in [-0.15, -0.1) is 5.10 Å². The molecule has 8 heteroatoms. The van der Waals surface area contributed by atoms with Crippen molar-refractivity contribution in [3.05, 3.63) is 65.7 Å². The number of hydrogen-bond acceptors (Lipinski definition) is 7. The van der Waals surface area contributed by atoms with Gasteiger partial charge in [-0.25, -0.2) is 5.48 Å². The van der Waals surface area contributed by atoms with Crippen molar-refractivity contribution in [2.75, 3.05) is 18.6 Å². The molecule has 0 atom stereocenters. The molecular formula is C19H22N4O4. The SMILES string of the molecule is CCOC(=O)CCNC(=O)c1ccc(NO/C(=N\N)c2ccccc2)cc1. The van der Waals surface area contributed by atoms with Gasteiger partial charge in [0.15, 0.2) is 0 Å². The number of nitrogens with zero attached hydrogens (tertiary/aromatic N) is 1. The van der Waals surface area contributed by atoms with E-state index in [-0.39, 0.29) is 30.7 Å². The Morgan fingerprint density at radius 3 is 2.37 bits per heavy atom. The Balaban J connectivity index is 1.84. The largest absolute Gasteiger partial charge is 0.466 e. The Bertz CT molecular complexity index is 776. The molecule has 4 N–H and O–H groups in total. The molecule has 2 aromatic carbocycles. The van der Waals surface area contributed by atoms with Crippen LogP contribution in [0.3, 0.4) is 0 Å². The molecular weight excluding hydrogens is 348 g/mol. The van der Waals surface area contributed by atoms with Crippen molar-refractivity contribution < 1.29 is 19.2 Å². The van der Waals surface area contributed by atoms with Gasteiger partial charge >= 0.3 is 5.97 Å². The van der Waals surface area contributed by atoms with Crippen molar-refractivity contribution in [1.82, 2.24) is 5.32 Å². The molecule has 0 aromatic heterocycles. The molecule has 0 aliphatic rings. The van der Waals surface area contributed by atoms with Crippen LogP contribution in [0.5, 0.6) is 0 Å². The average Bonchev–Trinajstić information content (AvgIpc) is 2.70. The van der Waals surface area contributed by atoms with Crippen LogP contribution in [0.4, 0.5) is 5.69 Å². The summed E-state index contributed by atoms with van der Waals surface area (Å²) in [6.07, 6.45) is 0.133. The second kappa shape index (κ2) is 10.4. The van der Waals surface area contributed by atoms with E-state index in [1.807, 2.05) is 30.3 Å². The average molecular weight is 370 g/mol. The Morgan fingerprint density at radius 1 is 1.04 bits per heavy atom. The first kappa shape index (κ1) is 19.8. The van der Waals surface area contributed by atoms with Gasteiger partial charge in [0.1, 0.15) is 0 Å². The van der Waals surface area contributed by atoms with E-state index in [9.17, 15) is 9.59 Å². The van der Waals surface area contributed by atoms with E-state index >= 15 is 0 Å². The number of ether oxygens (including phenoxy) is 1. The number of amides is 1. The quantitative estimate of drug-likeness (QED) is 0.215. The molecule has 0 bridgehead atoms. The van der Waals surface area contributed by atoms with Gasteiger partial charge in [0.05, 0.1) is 18.7 Å². The second-order valence-electron chi connectivity index (χ2n) is 5.39. The first-order chi connectivity index (χ1) is 13.1. The zero-order chi connectivity index (χ0) is 19.5. The lowest BCUT2D eigenvalue weighted by atomic mass is 10.2. The van der Waals surface area contributed by atoms with Crippen LogP contribution in [0.2, 0.25) is 0 Å². The van der Waals surface area contributed by atoms with Crippen molar-refractivity contribution in [3.63, 3.8) is 0 Å². The van der Waals surface area contributed by atoms with E-state index in [2.05, 4.69) is 15.9 Å². The van der Waals surface area contributed by atoms with Crippen LogP contribution in [-0.4, -0.2) is 30.9 Å². The van der Waals surface area contributed by atoms with Gasteiger partial charge in [0.2, 0.25) is 0 Å². The van der Waals surface area contributed by atoms with E-state index in [4.69, 9.17) is 15.4 Å². The molecule has 0 fully saturated rings. The van der Waals surface area contributed by atoms with E-state index in [0.29, 0.717) is 17.9 Å². The zero-order valence-electron chi connectivity index (χ0n) is 15.0. The fraction of sp³-hybridized carbons (Fsp3) is 0.211. The van der Waals surface area contributed by atoms with Gasteiger partial charge < -0.3 is 20.7 Å². The molecule has 1 amide bonds. The molecule has 8 nitrogen and oxygen atoms in total. The minimum Gasteiger partial charge on any atom is -0.466 e. The fourth-order valence-corrected chi connectivity index (χ4v) is 2.15. The first-order valence-electron chi connectivity index (χ1n) is 8.44. The molecule has 27 heavy (non-hydrogen) atoms. The topological polar surface area (TPSA) is 115 Å². The van der Waals surface area contributed by atoms with Crippen molar-refractivity contribution in [2.24, 2.45) is 10.9 Å². The van der Waals surface area contributed by atoms with Gasteiger partial charge in [0.25, 0.3) is 11.8 Å². The minimum atomic E-state index is -0.342. The number of nitrogens with one attached hydrogen (secondary N) is 2. The molecule has 0 saturated heterocycles. The third kappa shape index (κ3) is 6.35. The van der Waals surface area contributed by atoms with Crippen molar-refractivity contribution in [2.45, 2.75) is 13.3 Å². The van der Waals surface area contributed by atoms with Crippen LogP contribution >= 0.6 is 0 Å². The maximum absolute atomic E-state index is 12.0. The van der Waals surface area contributed by atoms with Gasteiger partial charge in [-0.3, -0.25) is 9.59 Å². The van der Waals surface area contributed by atoms with E-state index in [0.717, 1.165) is 5.56 Å². The summed E-state index contributed by atoms with van der Waals surface area (Å²) in [7, 11) is 0. The van der Waals surface area contributed by atoms with E-state index in [1.54, 1.807) is 31.2 Å². The third-order valence-corrected chi connectivity index (χ3v) is 3.47. The highest BCUT2D eigenvalue weighted by Crippen LogP contribution is 2.11. The Hall–Kier alpha value is -3.55. The van der Waals surface area contributed by atoms with Gasteiger partial charge in [0, 0.05) is 17.7 Å². The summed E-state index contributed by atoms with van der Waals surface area (Å²) in [6.45, 7) is 2.27. The van der Waals surface area contributed by atoms with Crippen molar-refractivity contribution >= 4 is 23.5 Å². The number of carbonyl (C=O) groups is 2. The van der Waals surface area contributed by atoms with Crippen LogP contribution in [0.1, 0.15) is 29.3 Å². The summed E-state index contributed by atoms with van der Waals surface area (Å²) >= 11 is 0. The highest BCUT2D eigenvalue weighted by atomic mass is 16.7. The highest BCUT2D eigenvalue weighted by molar-refractivity contribution is 5.95. The van der Waals surface area contributed by atoms with Crippen LogP contribution in [-0.2, 0) is 14.4 Å². The standard InChI is InChI=1S/C19H22N4O4/c1-2-26-17(24)12-13-21-18(25)14-8-10-16(11-9-14)23-27-19(22-20)15-6-4-3-5-7-15/h3-11,23H,2,12-13,20H2,1H3,(H,21,25)/b22-19-. The first-order valence-corrected chi connectivity index (χ1v) is 8.44. The lowest BCUT2D eigenvalue weighted by Crippen LogP contribution is -2.26. The molecule has 0 heterocycles. The van der Waals surface area contributed by atoms with E-state index in [1.165, 1.54) is 0 Å². The smallest absolute Gasteiger partial charge is 0.307 e. The summed E-state index contributed by atoms with van der Waals surface area (Å²) < 4.78 is 4.80. The van der Waals surface area contributed by atoms with Crippen LogP contribution in [0.25, 0.3) is 0 Å². The molecule has 0 unspecified atom stereocenters. The maximum Gasteiger partial charge on any atom is 0.307 e. The lowest BCUT2D eigenvalue weighted by Gasteiger charge is -2.10. The van der Waals surface area contributed by atoms with Crippen LogP contribution in [0.15, 0.2) is 59.7 Å². The summed E-state index contributed by atoms with van der Waals surface area (Å²) in [5.41, 5.74) is 4.53. The number of benzene rings is 2. The minimum absolute atomic E-state index is 0.133. The lowest BCUT2D eigenvalue weighted by molar-refractivity contribution is -0.142. The van der Waals surface area contributed by atoms with E-state index < -0.39 is 0 Å². The number of nitrogens with two attached hydrogens (primary N) is 1. The maximum atomic E-state index is 12.0. The Kier molecular flexibility index (Phi) is 7.65. The third-order valence-electron chi connectivity index (χ3n) is 3.47. The van der Waals surface area contributed by atoms with Gasteiger partial charge in [-0.2, -0.15) is 0 Å². The predicted octanol–water partition coefficient (Wildman–Crippen LogP) is 2.03. The molecule has 0 aliphatic carbocycles. The summed E-state index contributed by atoms with van der Waals surface area (Å²) in [4.78, 5) is 28.7. The second-order valence-corrected chi connectivity index (χ2v) is 5.39. The molecule has 0 saturated carbocycles. The number of anilines is 1. The van der Waals surface area contributed by atoms with Crippen LogP contribution < -0.4 is 16.6 Å². The molecule has 2 aromatic rings. The number of hydrogen-bond donors (Lipinski definition) is 3. The monoisotopic (exact) mass is 370 g/mol. The number of carbonyl (C=O) groups excluding carboxylic acids is 2. The van der Waals surface area contributed by atoms with Gasteiger partial charge in [-0.05, 0) is 43.3 Å². The zero-order valence-corrected chi connectivity index (χ0v) is 15.0. The van der Waals surface area contributed by atoms with Crippen LogP contribution in [0, 0.1) is 0 Å².